The SMILES string of the molecule is CCOC(=O)c1c(C)oc2cc(OC)c(OCc3oc4cc(OC)c(OS(=O)(=O)O)cc4c3C(=O)OCC)cc12. The highest BCUT2D eigenvalue weighted by Crippen LogP contribution is 2.40. The van der Waals surface area contributed by atoms with E-state index in [1.165, 1.54) is 20.3 Å². The zero-order valence-electron chi connectivity index (χ0n) is 22.2. The van der Waals surface area contributed by atoms with Crippen LogP contribution in [0.4, 0.5) is 0 Å². The summed E-state index contributed by atoms with van der Waals surface area (Å²) in [5, 5.41) is 0.549. The van der Waals surface area contributed by atoms with Crippen LogP contribution in [-0.2, 0) is 26.5 Å². The van der Waals surface area contributed by atoms with Crippen molar-refractivity contribution in [1.29, 1.82) is 0 Å². The Kier molecular flexibility index (Phi) is 8.11. The number of ether oxygens (including phenoxy) is 5. The minimum absolute atomic E-state index is 0.0237. The van der Waals surface area contributed by atoms with Gasteiger partial charge in [-0.2, -0.15) is 8.42 Å². The van der Waals surface area contributed by atoms with Crippen molar-refractivity contribution >= 4 is 44.3 Å². The summed E-state index contributed by atoms with van der Waals surface area (Å²) in [6, 6.07) is 5.54. The third-order valence-electron chi connectivity index (χ3n) is 5.71. The molecule has 13 nitrogen and oxygen atoms in total. The second-order valence-corrected chi connectivity index (χ2v) is 9.19. The molecule has 4 rings (SSSR count). The van der Waals surface area contributed by atoms with Gasteiger partial charge in [-0.25, -0.2) is 9.59 Å². The van der Waals surface area contributed by atoms with Crippen molar-refractivity contribution in [3.05, 3.63) is 46.9 Å². The Morgan fingerprint density at radius 2 is 1.32 bits per heavy atom. The summed E-state index contributed by atoms with van der Waals surface area (Å²) in [6.07, 6.45) is 0. The van der Waals surface area contributed by atoms with Crippen LogP contribution in [0.3, 0.4) is 0 Å². The van der Waals surface area contributed by atoms with Crippen LogP contribution < -0.4 is 18.4 Å². The second-order valence-electron chi connectivity index (χ2n) is 8.17. The fraction of sp³-hybridized carbons (Fsp3) is 0.308. The molecular formula is C26H26O13S. The summed E-state index contributed by atoms with van der Waals surface area (Å²) >= 11 is 0. The van der Waals surface area contributed by atoms with Gasteiger partial charge in [-0.05, 0) is 32.9 Å². The zero-order chi connectivity index (χ0) is 29.2. The summed E-state index contributed by atoms with van der Waals surface area (Å²) in [5.41, 5.74) is 0.669. The van der Waals surface area contributed by atoms with Gasteiger partial charge in [0.05, 0.1) is 27.4 Å². The number of fused-ring (bicyclic) bond motifs is 2. The number of methoxy groups -OCH3 is 2. The van der Waals surface area contributed by atoms with Crippen molar-refractivity contribution in [1.82, 2.24) is 0 Å². The Hall–Kier alpha value is -4.43. The van der Waals surface area contributed by atoms with Gasteiger partial charge in [0.1, 0.15) is 34.7 Å². The zero-order valence-corrected chi connectivity index (χ0v) is 23.0. The first-order valence-corrected chi connectivity index (χ1v) is 13.3. The molecule has 214 valence electrons. The Morgan fingerprint density at radius 3 is 1.90 bits per heavy atom. The molecule has 0 bridgehead atoms. The number of carbonyl (C=O) groups excluding carboxylic acids is 2. The lowest BCUT2D eigenvalue weighted by atomic mass is 10.1. The van der Waals surface area contributed by atoms with Crippen LogP contribution in [0.2, 0.25) is 0 Å². The van der Waals surface area contributed by atoms with Gasteiger partial charge in [0, 0.05) is 22.9 Å². The summed E-state index contributed by atoms with van der Waals surface area (Å²) in [5.74, 6) is -0.961. The van der Waals surface area contributed by atoms with E-state index in [0.717, 1.165) is 6.07 Å². The predicted molar refractivity (Wildman–Crippen MR) is 139 cm³/mol. The molecule has 2 aromatic carbocycles. The Balaban J connectivity index is 1.80. The molecule has 0 amide bonds. The first-order valence-electron chi connectivity index (χ1n) is 11.9. The van der Waals surface area contributed by atoms with Gasteiger partial charge in [0.15, 0.2) is 28.8 Å². The van der Waals surface area contributed by atoms with E-state index in [4.69, 9.17) is 37.1 Å². The quantitative estimate of drug-likeness (QED) is 0.193. The van der Waals surface area contributed by atoms with Gasteiger partial charge >= 0.3 is 22.3 Å². The van der Waals surface area contributed by atoms with Crippen molar-refractivity contribution in [3.8, 4) is 23.0 Å². The van der Waals surface area contributed by atoms with E-state index in [-0.39, 0.29) is 70.7 Å². The minimum atomic E-state index is -4.90. The lowest BCUT2D eigenvalue weighted by Crippen LogP contribution is -2.09. The topological polar surface area (TPSA) is 170 Å². The smallest absolute Gasteiger partial charge is 0.446 e. The number of carbonyl (C=O) groups is 2. The molecular weight excluding hydrogens is 552 g/mol. The maximum atomic E-state index is 12.9. The summed E-state index contributed by atoms with van der Waals surface area (Å²) < 4.78 is 74.9. The summed E-state index contributed by atoms with van der Waals surface area (Å²) in [4.78, 5) is 25.5. The van der Waals surface area contributed by atoms with Gasteiger partial charge < -0.3 is 36.7 Å². The Bertz CT molecular complexity index is 1690. The molecule has 0 saturated heterocycles. The average molecular weight is 579 g/mol. The van der Waals surface area contributed by atoms with Crippen LogP contribution in [0.25, 0.3) is 21.9 Å². The lowest BCUT2D eigenvalue weighted by Gasteiger charge is -2.11. The molecule has 0 saturated carbocycles. The number of furan rings is 2. The maximum Gasteiger partial charge on any atom is 0.446 e. The Morgan fingerprint density at radius 1 is 0.800 bits per heavy atom. The van der Waals surface area contributed by atoms with Crippen LogP contribution in [0.1, 0.15) is 46.1 Å². The normalized spacial score (nSPS) is 11.4. The summed E-state index contributed by atoms with van der Waals surface area (Å²) in [7, 11) is -2.23. The fourth-order valence-corrected chi connectivity index (χ4v) is 4.48. The molecule has 0 aliphatic heterocycles. The average Bonchev–Trinajstić information content (AvgIpc) is 3.40. The van der Waals surface area contributed by atoms with Gasteiger partial charge in [0.2, 0.25) is 0 Å². The van der Waals surface area contributed by atoms with E-state index in [1.807, 2.05) is 0 Å². The van der Waals surface area contributed by atoms with Crippen molar-refractivity contribution < 1.29 is 59.3 Å². The van der Waals surface area contributed by atoms with Crippen LogP contribution in [0, 0.1) is 6.92 Å². The first kappa shape index (κ1) is 28.6. The third kappa shape index (κ3) is 5.62. The van der Waals surface area contributed by atoms with Crippen molar-refractivity contribution in [2.75, 3.05) is 27.4 Å². The van der Waals surface area contributed by atoms with E-state index < -0.39 is 22.3 Å². The largest absolute Gasteiger partial charge is 0.493 e. The van der Waals surface area contributed by atoms with Crippen molar-refractivity contribution in [3.63, 3.8) is 0 Å². The van der Waals surface area contributed by atoms with Crippen LogP contribution in [-0.4, -0.2) is 52.3 Å². The number of rotatable bonds is 11. The highest BCUT2D eigenvalue weighted by atomic mass is 32.3. The molecule has 1 N–H and O–H groups in total. The molecule has 2 aromatic heterocycles. The van der Waals surface area contributed by atoms with Gasteiger partial charge in [-0.1, -0.05) is 0 Å². The molecule has 40 heavy (non-hydrogen) atoms. The number of benzene rings is 2. The molecule has 2 heterocycles. The molecule has 14 heteroatoms. The second kappa shape index (κ2) is 11.4. The maximum absolute atomic E-state index is 12.9. The molecule has 0 unspecified atom stereocenters. The molecule has 4 aromatic rings. The number of aryl methyl sites for hydroxylation is 1. The molecule has 0 fully saturated rings. The van der Waals surface area contributed by atoms with E-state index in [1.54, 1.807) is 32.9 Å². The summed E-state index contributed by atoms with van der Waals surface area (Å²) in [6.45, 7) is 4.84. The number of esters is 2. The molecule has 0 radical (unpaired) electrons. The van der Waals surface area contributed by atoms with E-state index in [2.05, 4.69) is 4.18 Å². The highest BCUT2D eigenvalue weighted by molar-refractivity contribution is 7.81. The predicted octanol–water partition coefficient (Wildman–Crippen LogP) is 4.62. The van der Waals surface area contributed by atoms with Gasteiger partial charge in [0.25, 0.3) is 0 Å². The van der Waals surface area contributed by atoms with Crippen LogP contribution in [0.5, 0.6) is 23.0 Å². The molecule has 0 aliphatic rings. The van der Waals surface area contributed by atoms with Crippen LogP contribution >= 0.6 is 0 Å². The monoisotopic (exact) mass is 578 g/mol. The van der Waals surface area contributed by atoms with Crippen molar-refractivity contribution in [2.24, 2.45) is 0 Å². The minimum Gasteiger partial charge on any atom is -0.493 e. The van der Waals surface area contributed by atoms with E-state index in [9.17, 15) is 18.0 Å². The van der Waals surface area contributed by atoms with Gasteiger partial charge in [-0.3, -0.25) is 4.55 Å². The van der Waals surface area contributed by atoms with Gasteiger partial charge in [-0.15, -0.1) is 0 Å². The lowest BCUT2D eigenvalue weighted by molar-refractivity contribution is 0.0514. The highest BCUT2D eigenvalue weighted by Gasteiger charge is 2.27. The van der Waals surface area contributed by atoms with Crippen LogP contribution in [0.15, 0.2) is 33.1 Å². The third-order valence-corrected chi connectivity index (χ3v) is 6.10. The van der Waals surface area contributed by atoms with Crippen molar-refractivity contribution in [2.45, 2.75) is 27.4 Å². The van der Waals surface area contributed by atoms with E-state index in [0.29, 0.717) is 16.7 Å². The molecule has 0 aliphatic carbocycles. The number of hydrogen-bond acceptors (Lipinski definition) is 12. The van der Waals surface area contributed by atoms with E-state index >= 15 is 0 Å². The number of hydrogen-bond donors (Lipinski definition) is 1. The molecule has 0 spiro atoms. The fourth-order valence-electron chi connectivity index (χ4n) is 4.12. The first-order chi connectivity index (χ1) is 19.0. The Labute approximate surface area is 228 Å². The molecule has 0 atom stereocenters. The standard InChI is InChI=1S/C26H26O13S/c1-6-34-25(27)23-13(3)37-16-10-18(32-4)20(8-14(16)23)36-12-22-24(26(28)35-7-2)15-9-21(39-40(29,30)31)19(33-5)11-17(15)38-22/h8-11H,6-7,12H2,1-5H3,(H,29,30,31).